The molecule has 0 amide bonds. The highest BCUT2D eigenvalue weighted by Crippen LogP contribution is 2.18. The van der Waals surface area contributed by atoms with Crippen LogP contribution in [0.25, 0.3) is 0 Å². The van der Waals surface area contributed by atoms with E-state index in [1.807, 2.05) is 0 Å². The lowest BCUT2D eigenvalue weighted by Gasteiger charge is -2.11. The fourth-order valence-electron chi connectivity index (χ4n) is 2.44. The molecule has 108 valence electrons. The van der Waals surface area contributed by atoms with Gasteiger partial charge in [-0.05, 0) is 25.2 Å². The Morgan fingerprint density at radius 2 is 1.39 bits per heavy atom. The van der Waals surface area contributed by atoms with Crippen molar-refractivity contribution in [1.29, 1.82) is 0 Å². The van der Waals surface area contributed by atoms with E-state index in [0.29, 0.717) is 0 Å². The summed E-state index contributed by atoms with van der Waals surface area (Å²) in [5, 5.41) is 0. The molecule has 0 nitrogen and oxygen atoms in total. The van der Waals surface area contributed by atoms with E-state index in [1.165, 1.54) is 77.0 Å². The second kappa shape index (κ2) is 14.8. The average molecular weight is 252 g/mol. The molecule has 1 unspecified atom stereocenters. The highest BCUT2D eigenvalue weighted by atomic mass is 14.1. The number of hydrogen-bond acceptors (Lipinski definition) is 0. The van der Waals surface area contributed by atoms with Gasteiger partial charge in [-0.2, -0.15) is 0 Å². The molecule has 0 bridgehead atoms. The van der Waals surface area contributed by atoms with E-state index in [1.54, 1.807) is 0 Å². The van der Waals surface area contributed by atoms with Crippen molar-refractivity contribution >= 4 is 0 Å². The van der Waals surface area contributed by atoms with Gasteiger partial charge in [0.1, 0.15) is 0 Å². The van der Waals surface area contributed by atoms with Crippen LogP contribution in [-0.2, 0) is 0 Å². The van der Waals surface area contributed by atoms with E-state index in [2.05, 4.69) is 32.9 Å². The summed E-state index contributed by atoms with van der Waals surface area (Å²) in [6.45, 7) is 6.91. The topological polar surface area (TPSA) is 0 Å². The van der Waals surface area contributed by atoms with Gasteiger partial charge in [-0.1, -0.05) is 90.7 Å². The van der Waals surface area contributed by atoms with Crippen LogP contribution in [0.3, 0.4) is 0 Å². The molecule has 0 fully saturated rings. The van der Waals surface area contributed by atoms with Gasteiger partial charge in [0.15, 0.2) is 0 Å². The van der Waals surface area contributed by atoms with Crippen molar-refractivity contribution in [3.63, 3.8) is 0 Å². The second-order valence-electron chi connectivity index (χ2n) is 5.68. The first-order chi connectivity index (χ1) is 8.85. The molecule has 0 saturated heterocycles. The summed E-state index contributed by atoms with van der Waals surface area (Å²) in [7, 11) is 0. The predicted molar refractivity (Wildman–Crippen MR) is 85.1 cm³/mol. The maximum absolute atomic E-state index is 2.44. The molecule has 0 aliphatic rings. The van der Waals surface area contributed by atoms with E-state index in [0.717, 1.165) is 5.92 Å². The summed E-state index contributed by atoms with van der Waals surface area (Å²) in [4.78, 5) is 0. The van der Waals surface area contributed by atoms with Gasteiger partial charge in [-0.25, -0.2) is 0 Å². The van der Waals surface area contributed by atoms with Crippen LogP contribution in [-0.4, -0.2) is 0 Å². The van der Waals surface area contributed by atoms with E-state index < -0.39 is 0 Å². The lowest BCUT2D eigenvalue weighted by molar-refractivity contribution is 0.449. The van der Waals surface area contributed by atoms with Crippen LogP contribution < -0.4 is 0 Å². The van der Waals surface area contributed by atoms with E-state index in [4.69, 9.17) is 0 Å². The van der Waals surface area contributed by atoms with Crippen molar-refractivity contribution in [1.82, 2.24) is 0 Å². The molecular weight excluding hydrogens is 216 g/mol. The van der Waals surface area contributed by atoms with Crippen molar-refractivity contribution in [3.05, 3.63) is 12.2 Å². The Kier molecular flexibility index (Phi) is 14.6. The first-order valence-electron chi connectivity index (χ1n) is 8.50. The largest absolute Gasteiger partial charge is 0.0885 e. The Hall–Kier alpha value is -0.260. The first-order valence-corrected chi connectivity index (χ1v) is 8.50. The number of allylic oxidation sites excluding steroid dienone is 2. The van der Waals surface area contributed by atoms with Gasteiger partial charge in [0, 0.05) is 0 Å². The summed E-state index contributed by atoms with van der Waals surface area (Å²) in [5.74, 6) is 0.938. The summed E-state index contributed by atoms with van der Waals surface area (Å²) in [6, 6.07) is 0. The van der Waals surface area contributed by atoms with Crippen molar-refractivity contribution in [3.8, 4) is 0 Å². The minimum absolute atomic E-state index is 0.938. The SMILES string of the molecule is CCCCCCC/C=C/CC(CC)CCCCC. The number of rotatable bonds is 13. The highest BCUT2D eigenvalue weighted by molar-refractivity contribution is 4.83. The van der Waals surface area contributed by atoms with Gasteiger partial charge in [-0.15, -0.1) is 0 Å². The second-order valence-corrected chi connectivity index (χ2v) is 5.68. The average Bonchev–Trinajstić information content (AvgIpc) is 2.40. The summed E-state index contributed by atoms with van der Waals surface area (Å²) >= 11 is 0. The Morgan fingerprint density at radius 3 is 2.06 bits per heavy atom. The van der Waals surface area contributed by atoms with Crippen LogP contribution in [0.4, 0.5) is 0 Å². The summed E-state index contributed by atoms with van der Waals surface area (Å²) in [6.07, 6.45) is 21.5. The molecule has 0 radical (unpaired) electrons. The molecule has 18 heavy (non-hydrogen) atoms. The molecule has 0 aromatic rings. The Bertz CT molecular complexity index is 169. The zero-order chi connectivity index (χ0) is 13.5. The maximum atomic E-state index is 2.44. The van der Waals surface area contributed by atoms with E-state index in [9.17, 15) is 0 Å². The van der Waals surface area contributed by atoms with Crippen LogP contribution in [0.5, 0.6) is 0 Å². The number of hydrogen-bond donors (Lipinski definition) is 0. The normalized spacial score (nSPS) is 13.3. The van der Waals surface area contributed by atoms with Crippen LogP contribution in [0.15, 0.2) is 12.2 Å². The van der Waals surface area contributed by atoms with E-state index >= 15 is 0 Å². The standard InChI is InChI=1S/C18H36/c1-4-7-9-10-11-12-13-15-17-18(6-3)16-14-8-5-2/h13,15,18H,4-12,14,16-17H2,1-3H3/b15-13+. The fraction of sp³-hybridized carbons (Fsp3) is 0.889. The van der Waals surface area contributed by atoms with Crippen molar-refractivity contribution < 1.29 is 0 Å². The smallest absolute Gasteiger partial charge is 0.0322 e. The molecule has 0 aliphatic heterocycles. The molecule has 0 heteroatoms. The molecule has 0 saturated carbocycles. The fourth-order valence-corrected chi connectivity index (χ4v) is 2.44. The van der Waals surface area contributed by atoms with E-state index in [-0.39, 0.29) is 0 Å². The third kappa shape index (κ3) is 12.2. The number of unbranched alkanes of at least 4 members (excludes halogenated alkanes) is 7. The Labute approximate surface area is 116 Å². The molecule has 0 N–H and O–H groups in total. The molecule has 0 aromatic heterocycles. The molecule has 0 heterocycles. The highest BCUT2D eigenvalue weighted by Gasteiger charge is 2.02. The third-order valence-electron chi connectivity index (χ3n) is 3.90. The van der Waals surface area contributed by atoms with Gasteiger partial charge in [0.05, 0.1) is 0 Å². The summed E-state index contributed by atoms with van der Waals surface area (Å²) in [5.41, 5.74) is 0. The Morgan fingerprint density at radius 1 is 0.722 bits per heavy atom. The van der Waals surface area contributed by atoms with Crippen molar-refractivity contribution in [2.24, 2.45) is 5.92 Å². The predicted octanol–water partition coefficient (Wildman–Crippen LogP) is 6.90. The minimum atomic E-state index is 0.938. The van der Waals surface area contributed by atoms with Gasteiger partial charge in [-0.3, -0.25) is 0 Å². The molecule has 0 aliphatic carbocycles. The van der Waals surface area contributed by atoms with Gasteiger partial charge >= 0.3 is 0 Å². The third-order valence-corrected chi connectivity index (χ3v) is 3.90. The van der Waals surface area contributed by atoms with Crippen LogP contribution >= 0.6 is 0 Å². The zero-order valence-corrected chi connectivity index (χ0v) is 13.2. The van der Waals surface area contributed by atoms with Gasteiger partial charge in [0.25, 0.3) is 0 Å². The minimum Gasteiger partial charge on any atom is -0.0885 e. The maximum Gasteiger partial charge on any atom is -0.0322 e. The first kappa shape index (κ1) is 17.7. The zero-order valence-electron chi connectivity index (χ0n) is 13.2. The molecule has 0 spiro atoms. The lowest BCUT2D eigenvalue weighted by Crippen LogP contribution is -1.96. The monoisotopic (exact) mass is 252 g/mol. The quantitative estimate of drug-likeness (QED) is 0.247. The Balaban J connectivity index is 3.40. The van der Waals surface area contributed by atoms with Gasteiger partial charge in [0.2, 0.25) is 0 Å². The molecule has 0 rings (SSSR count). The summed E-state index contributed by atoms with van der Waals surface area (Å²) < 4.78 is 0. The van der Waals surface area contributed by atoms with Gasteiger partial charge < -0.3 is 0 Å². The van der Waals surface area contributed by atoms with Crippen LogP contribution in [0, 0.1) is 5.92 Å². The lowest BCUT2D eigenvalue weighted by atomic mass is 9.95. The van der Waals surface area contributed by atoms with Crippen LogP contribution in [0.1, 0.15) is 97.8 Å². The van der Waals surface area contributed by atoms with Crippen LogP contribution in [0.2, 0.25) is 0 Å². The van der Waals surface area contributed by atoms with Crippen molar-refractivity contribution in [2.45, 2.75) is 97.8 Å². The molecule has 1 atom stereocenters. The van der Waals surface area contributed by atoms with Crippen molar-refractivity contribution in [2.75, 3.05) is 0 Å². The molecule has 0 aromatic carbocycles. The molecular formula is C18H36.